The van der Waals surface area contributed by atoms with Gasteiger partial charge in [-0.1, -0.05) is 42.5 Å². The lowest BCUT2D eigenvalue weighted by atomic mass is 10.1. The number of nitrogens with two attached hydrogens (primary N) is 1. The zero-order valence-electron chi connectivity index (χ0n) is 19.9. The van der Waals surface area contributed by atoms with Gasteiger partial charge in [0, 0.05) is 11.6 Å². The molecule has 2 atom stereocenters. The van der Waals surface area contributed by atoms with Crippen LogP contribution >= 0.6 is 0 Å². The molecule has 2 N–H and O–H groups in total. The van der Waals surface area contributed by atoms with Crippen LogP contribution in [-0.4, -0.2) is 20.8 Å². The molecule has 0 aliphatic rings. The fourth-order valence-corrected chi connectivity index (χ4v) is 4.17. The quantitative estimate of drug-likeness (QED) is 0.411. The van der Waals surface area contributed by atoms with Gasteiger partial charge in [-0.15, -0.1) is 0 Å². The molecular weight excluding hydrogens is 489 g/mol. The van der Waals surface area contributed by atoms with Crippen LogP contribution in [-0.2, 0) is 6.54 Å². The first kappa shape index (κ1) is 25.7. The summed E-state index contributed by atoms with van der Waals surface area (Å²) in [5.41, 5.74) is 2.12. The standard InChI is InChI=1S/C26H23F3N4O4/c1-15(22-17(27)10-6-11-18(22)28)32-24(34)31(14-19(30)16-8-4-3-5-9-16)25(35)33(26(32)36)20-12-7-13-21(37-2)23(20)29/h3-13,15,19H,14,30H2,1-2H3/t15?,19-/m0/s1. The molecule has 0 saturated carbocycles. The lowest BCUT2D eigenvalue weighted by Crippen LogP contribution is -2.55. The van der Waals surface area contributed by atoms with Crippen molar-refractivity contribution in [2.75, 3.05) is 7.11 Å². The summed E-state index contributed by atoms with van der Waals surface area (Å²) >= 11 is 0. The molecule has 4 aromatic rings. The van der Waals surface area contributed by atoms with Crippen molar-refractivity contribution in [2.24, 2.45) is 5.73 Å². The van der Waals surface area contributed by atoms with Crippen LogP contribution in [0.15, 0.2) is 81.1 Å². The maximum Gasteiger partial charge on any atom is 0.341 e. The summed E-state index contributed by atoms with van der Waals surface area (Å²) in [6.07, 6.45) is 0. The molecule has 1 unspecified atom stereocenters. The first-order chi connectivity index (χ1) is 17.7. The summed E-state index contributed by atoms with van der Waals surface area (Å²) in [4.78, 5) is 40.5. The minimum atomic E-state index is -1.50. The summed E-state index contributed by atoms with van der Waals surface area (Å²) < 4.78 is 51.0. The minimum absolute atomic E-state index is 0.262. The second-order valence-corrected chi connectivity index (χ2v) is 8.29. The predicted octanol–water partition coefficient (Wildman–Crippen LogP) is 2.90. The SMILES string of the molecule is COc1cccc(-n2c(=O)n(C[C@H](N)c3ccccc3)c(=O)n(C(C)c3c(F)cccc3F)c2=O)c1F. The summed E-state index contributed by atoms with van der Waals surface area (Å²) in [5.74, 6) is -3.31. The highest BCUT2D eigenvalue weighted by Crippen LogP contribution is 2.24. The molecule has 0 bridgehead atoms. The Bertz CT molecular complexity index is 1610. The van der Waals surface area contributed by atoms with Crippen LogP contribution in [0.3, 0.4) is 0 Å². The molecule has 0 amide bonds. The van der Waals surface area contributed by atoms with Crippen LogP contribution in [0.25, 0.3) is 5.69 Å². The van der Waals surface area contributed by atoms with Gasteiger partial charge in [-0.2, -0.15) is 0 Å². The highest BCUT2D eigenvalue weighted by atomic mass is 19.1. The Morgan fingerprint density at radius 3 is 2.08 bits per heavy atom. The van der Waals surface area contributed by atoms with E-state index in [1.165, 1.54) is 26.2 Å². The van der Waals surface area contributed by atoms with Crippen LogP contribution in [0.5, 0.6) is 5.75 Å². The normalized spacial score (nSPS) is 12.8. The van der Waals surface area contributed by atoms with Gasteiger partial charge in [0.1, 0.15) is 11.6 Å². The molecule has 1 aromatic heterocycles. The molecule has 0 aliphatic heterocycles. The van der Waals surface area contributed by atoms with Gasteiger partial charge in [-0.25, -0.2) is 41.3 Å². The number of benzene rings is 3. The Balaban J connectivity index is 2.04. The topological polar surface area (TPSA) is 101 Å². The first-order valence-electron chi connectivity index (χ1n) is 11.2. The van der Waals surface area contributed by atoms with Crippen molar-refractivity contribution in [3.05, 3.63) is 127 Å². The van der Waals surface area contributed by atoms with Crippen molar-refractivity contribution in [2.45, 2.75) is 25.6 Å². The fraction of sp³-hybridized carbons (Fsp3) is 0.192. The molecule has 3 aromatic carbocycles. The maximum absolute atomic E-state index is 15.2. The molecule has 192 valence electrons. The molecule has 8 nitrogen and oxygen atoms in total. The zero-order valence-corrected chi connectivity index (χ0v) is 19.9. The number of hydrogen-bond acceptors (Lipinski definition) is 5. The monoisotopic (exact) mass is 512 g/mol. The van der Waals surface area contributed by atoms with Gasteiger partial charge in [0.25, 0.3) is 0 Å². The molecule has 37 heavy (non-hydrogen) atoms. The van der Waals surface area contributed by atoms with E-state index < -0.39 is 64.4 Å². The van der Waals surface area contributed by atoms with Crippen LogP contribution in [0, 0.1) is 17.5 Å². The van der Waals surface area contributed by atoms with E-state index in [1.54, 1.807) is 30.3 Å². The lowest BCUT2D eigenvalue weighted by molar-refractivity contribution is 0.382. The van der Waals surface area contributed by atoms with E-state index in [4.69, 9.17) is 10.5 Å². The first-order valence-corrected chi connectivity index (χ1v) is 11.2. The van der Waals surface area contributed by atoms with Crippen LogP contribution in [0.1, 0.15) is 30.1 Å². The third-order valence-corrected chi connectivity index (χ3v) is 6.07. The van der Waals surface area contributed by atoms with Crippen molar-refractivity contribution in [3.63, 3.8) is 0 Å². The Labute approximate surface area is 208 Å². The molecule has 0 radical (unpaired) electrons. The van der Waals surface area contributed by atoms with Crippen LogP contribution in [0.2, 0.25) is 0 Å². The smallest absolute Gasteiger partial charge is 0.341 e. The number of hydrogen-bond donors (Lipinski definition) is 1. The highest BCUT2D eigenvalue weighted by molar-refractivity contribution is 5.41. The molecule has 4 rings (SSSR count). The van der Waals surface area contributed by atoms with Crippen molar-refractivity contribution < 1.29 is 17.9 Å². The van der Waals surface area contributed by atoms with Crippen molar-refractivity contribution in [3.8, 4) is 11.4 Å². The summed E-state index contributed by atoms with van der Waals surface area (Å²) in [6.45, 7) is 0.822. The van der Waals surface area contributed by atoms with Gasteiger partial charge in [-0.3, -0.25) is 0 Å². The van der Waals surface area contributed by atoms with E-state index in [-0.39, 0.29) is 5.75 Å². The molecule has 0 saturated heterocycles. The second-order valence-electron chi connectivity index (χ2n) is 8.29. The highest BCUT2D eigenvalue weighted by Gasteiger charge is 2.27. The van der Waals surface area contributed by atoms with Gasteiger partial charge in [0.2, 0.25) is 0 Å². The van der Waals surface area contributed by atoms with E-state index in [9.17, 15) is 23.2 Å². The number of aromatic nitrogens is 3. The summed E-state index contributed by atoms with van der Waals surface area (Å²) in [6, 6.07) is 13.0. The molecule has 0 fully saturated rings. The number of rotatable bonds is 7. The number of nitrogens with zero attached hydrogens (tertiary/aromatic N) is 3. The van der Waals surface area contributed by atoms with Gasteiger partial charge in [0.15, 0.2) is 11.6 Å². The van der Waals surface area contributed by atoms with Crippen molar-refractivity contribution in [1.29, 1.82) is 0 Å². The van der Waals surface area contributed by atoms with Gasteiger partial charge in [-0.05, 0) is 36.8 Å². The van der Waals surface area contributed by atoms with Gasteiger partial charge < -0.3 is 10.5 Å². The Kier molecular flexibility index (Phi) is 7.16. The molecule has 0 spiro atoms. The lowest BCUT2D eigenvalue weighted by Gasteiger charge is -2.21. The molecule has 1 heterocycles. The Morgan fingerprint density at radius 2 is 1.46 bits per heavy atom. The molecule has 0 aliphatic carbocycles. The minimum Gasteiger partial charge on any atom is -0.494 e. The van der Waals surface area contributed by atoms with E-state index in [0.29, 0.717) is 19.3 Å². The Hall–Kier alpha value is -4.38. The van der Waals surface area contributed by atoms with E-state index >= 15 is 4.39 Å². The summed E-state index contributed by atoms with van der Waals surface area (Å²) in [5, 5.41) is 0. The fourth-order valence-electron chi connectivity index (χ4n) is 4.17. The van der Waals surface area contributed by atoms with Crippen LogP contribution < -0.4 is 27.5 Å². The second kappa shape index (κ2) is 10.3. The maximum atomic E-state index is 15.2. The average molecular weight is 512 g/mol. The third kappa shape index (κ3) is 4.60. The number of ether oxygens (including phenoxy) is 1. The number of halogens is 3. The van der Waals surface area contributed by atoms with Crippen molar-refractivity contribution >= 4 is 0 Å². The van der Waals surface area contributed by atoms with Gasteiger partial charge in [0.05, 0.1) is 25.4 Å². The molecular formula is C26H23F3N4O4. The molecule has 11 heteroatoms. The van der Waals surface area contributed by atoms with E-state index in [1.807, 2.05) is 0 Å². The summed E-state index contributed by atoms with van der Waals surface area (Å²) in [7, 11) is 1.20. The predicted molar refractivity (Wildman–Crippen MR) is 131 cm³/mol. The Morgan fingerprint density at radius 1 is 0.838 bits per heavy atom. The number of methoxy groups -OCH3 is 1. The van der Waals surface area contributed by atoms with E-state index in [2.05, 4.69) is 0 Å². The van der Waals surface area contributed by atoms with Crippen LogP contribution in [0.4, 0.5) is 13.2 Å². The zero-order chi connectivity index (χ0) is 26.9. The van der Waals surface area contributed by atoms with Crippen molar-refractivity contribution in [1.82, 2.24) is 13.7 Å². The van der Waals surface area contributed by atoms with Gasteiger partial charge >= 0.3 is 17.1 Å². The average Bonchev–Trinajstić information content (AvgIpc) is 2.88. The largest absolute Gasteiger partial charge is 0.494 e. The third-order valence-electron chi connectivity index (χ3n) is 6.07. The van der Waals surface area contributed by atoms with E-state index in [0.717, 1.165) is 24.3 Å².